The molecule has 0 atom stereocenters. The van der Waals surface area contributed by atoms with E-state index >= 15 is 0 Å². The number of rotatable bonds is 5. The van der Waals surface area contributed by atoms with Crippen molar-refractivity contribution in [1.29, 1.82) is 0 Å². The predicted molar refractivity (Wildman–Crippen MR) is 82.6 cm³/mol. The molecular formula is C14H13NO3S2. The van der Waals surface area contributed by atoms with Crippen LogP contribution in [0.5, 0.6) is 0 Å². The molecule has 4 nitrogen and oxygen atoms in total. The van der Waals surface area contributed by atoms with Crippen LogP contribution in [0.15, 0.2) is 47.2 Å². The normalized spacial score (nSPS) is 11.7. The van der Waals surface area contributed by atoms with Crippen molar-refractivity contribution in [1.82, 2.24) is 0 Å². The molecular weight excluding hydrogens is 294 g/mol. The van der Waals surface area contributed by atoms with Crippen LogP contribution in [0.3, 0.4) is 0 Å². The van der Waals surface area contributed by atoms with Crippen LogP contribution in [0, 0.1) is 0 Å². The quantitative estimate of drug-likeness (QED) is 0.682. The average Bonchev–Trinajstić information content (AvgIpc) is 2.87. The van der Waals surface area contributed by atoms with E-state index in [2.05, 4.69) is 4.72 Å². The lowest BCUT2D eigenvalue weighted by Crippen LogP contribution is -2.10. The van der Waals surface area contributed by atoms with Gasteiger partial charge in [-0.05, 0) is 40.6 Å². The van der Waals surface area contributed by atoms with Crippen molar-refractivity contribution >= 4 is 38.9 Å². The van der Waals surface area contributed by atoms with Gasteiger partial charge in [-0.2, -0.15) is 11.3 Å². The van der Waals surface area contributed by atoms with Gasteiger partial charge in [0.15, 0.2) is 5.78 Å². The van der Waals surface area contributed by atoms with E-state index in [1.54, 1.807) is 35.6 Å². The molecule has 1 N–H and O–H groups in total. The van der Waals surface area contributed by atoms with Crippen LogP contribution in [-0.4, -0.2) is 20.5 Å². The molecule has 2 rings (SSSR count). The number of thiophene rings is 1. The predicted octanol–water partition coefficient (Wildman–Crippen LogP) is 3.02. The van der Waals surface area contributed by atoms with Crippen LogP contribution in [0.4, 0.5) is 5.69 Å². The number of hydrogen-bond acceptors (Lipinski definition) is 4. The van der Waals surface area contributed by atoms with E-state index in [4.69, 9.17) is 0 Å². The standard InChI is InChI=1S/C14H13NO3S2/c1-20(17,18)15-13-4-2-3-12(9-13)14(16)6-5-11-7-8-19-10-11/h2-10,15H,1H3. The summed E-state index contributed by atoms with van der Waals surface area (Å²) in [6.07, 6.45) is 4.27. The molecule has 0 saturated carbocycles. The summed E-state index contributed by atoms with van der Waals surface area (Å²) in [4.78, 5) is 12.0. The first kappa shape index (κ1) is 14.5. The Hall–Kier alpha value is -1.92. The Labute approximate surface area is 121 Å². The van der Waals surface area contributed by atoms with Crippen molar-refractivity contribution in [2.75, 3.05) is 11.0 Å². The lowest BCUT2D eigenvalue weighted by atomic mass is 10.1. The van der Waals surface area contributed by atoms with Gasteiger partial charge in [0.2, 0.25) is 10.0 Å². The molecule has 0 saturated heterocycles. The second-order valence-electron chi connectivity index (χ2n) is 4.21. The summed E-state index contributed by atoms with van der Waals surface area (Å²) in [5, 5.41) is 3.87. The number of ketones is 1. The molecule has 0 amide bonds. The lowest BCUT2D eigenvalue weighted by Gasteiger charge is -2.04. The molecule has 0 spiro atoms. The maximum atomic E-state index is 12.0. The first-order chi connectivity index (χ1) is 9.44. The Morgan fingerprint density at radius 3 is 2.75 bits per heavy atom. The SMILES string of the molecule is CS(=O)(=O)Nc1cccc(C(=O)C=Cc2ccsc2)c1. The minimum atomic E-state index is -3.35. The minimum Gasteiger partial charge on any atom is -0.289 e. The molecule has 2 aromatic rings. The second kappa shape index (κ2) is 6.02. The summed E-state index contributed by atoms with van der Waals surface area (Å²) in [7, 11) is -3.35. The molecule has 0 unspecified atom stereocenters. The lowest BCUT2D eigenvalue weighted by molar-refractivity contribution is 0.104. The Bertz CT molecular complexity index is 732. The Kier molecular flexibility index (Phi) is 4.36. The summed E-state index contributed by atoms with van der Waals surface area (Å²) in [5.41, 5.74) is 1.78. The summed E-state index contributed by atoms with van der Waals surface area (Å²) in [6, 6.07) is 8.31. The van der Waals surface area contributed by atoms with Crippen molar-refractivity contribution in [3.05, 3.63) is 58.3 Å². The smallest absolute Gasteiger partial charge is 0.229 e. The molecule has 0 fully saturated rings. The summed E-state index contributed by atoms with van der Waals surface area (Å²) in [5.74, 6) is -0.173. The molecule has 0 radical (unpaired) electrons. The maximum absolute atomic E-state index is 12.0. The molecule has 0 aliphatic heterocycles. The molecule has 6 heteroatoms. The van der Waals surface area contributed by atoms with Crippen molar-refractivity contribution in [3.8, 4) is 0 Å². The average molecular weight is 307 g/mol. The Balaban J connectivity index is 2.16. The number of anilines is 1. The number of sulfonamides is 1. The topological polar surface area (TPSA) is 63.2 Å². The number of carbonyl (C=O) groups excluding carboxylic acids is 1. The summed E-state index contributed by atoms with van der Waals surface area (Å²) >= 11 is 1.56. The third-order valence-electron chi connectivity index (χ3n) is 2.42. The fraction of sp³-hybridized carbons (Fsp3) is 0.0714. The van der Waals surface area contributed by atoms with Crippen LogP contribution < -0.4 is 4.72 Å². The van der Waals surface area contributed by atoms with E-state index in [1.165, 1.54) is 12.1 Å². The van der Waals surface area contributed by atoms with Gasteiger partial charge < -0.3 is 0 Å². The fourth-order valence-electron chi connectivity index (χ4n) is 1.59. The maximum Gasteiger partial charge on any atom is 0.229 e. The van der Waals surface area contributed by atoms with E-state index in [9.17, 15) is 13.2 Å². The molecule has 1 heterocycles. The monoisotopic (exact) mass is 307 g/mol. The Morgan fingerprint density at radius 2 is 2.10 bits per heavy atom. The zero-order valence-corrected chi connectivity index (χ0v) is 12.4. The van der Waals surface area contributed by atoms with E-state index in [-0.39, 0.29) is 5.78 Å². The van der Waals surface area contributed by atoms with Crippen LogP contribution >= 0.6 is 11.3 Å². The van der Waals surface area contributed by atoms with Crippen LogP contribution in [-0.2, 0) is 10.0 Å². The zero-order valence-electron chi connectivity index (χ0n) is 10.7. The highest BCUT2D eigenvalue weighted by Gasteiger charge is 2.06. The number of allylic oxidation sites excluding steroid dienone is 1. The fourth-order valence-corrected chi connectivity index (χ4v) is 2.77. The number of benzene rings is 1. The molecule has 0 bridgehead atoms. The third-order valence-corrected chi connectivity index (χ3v) is 3.73. The number of hydrogen-bond donors (Lipinski definition) is 1. The van der Waals surface area contributed by atoms with Gasteiger partial charge in [0, 0.05) is 11.3 Å². The first-order valence-corrected chi connectivity index (χ1v) is 8.60. The third kappa shape index (κ3) is 4.32. The van der Waals surface area contributed by atoms with Crippen molar-refractivity contribution in [3.63, 3.8) is 0 Å². The van der Waals surface area contributed by atoms with Crippen LogP contribution in [0.2, 0.25) is 0 Å². The molecule has 20 heavy (non-hydrogen) atoms. The van der Waals surface area contributed by atoms with Crippen molar-refractivity contribution in [2.45, 2.75) is 0 Å². The van der Waals surface area contributed by atoms with Crippen LogP contribution in [0.1, 0.15) is 15.9 Å². The highest BCUT2D eigenvalue weighted by molar-refractivity contribution is 7.92. The zero-order chi connectivity index (χ0) is 14.6. The molecule has 0 aliphatic rings. The van der Waals surface area contributed by atoms with Crippen molar-refractivity contribution in [2.24, 2.45) is 0 Å². The number of nitrogens with one attached hydrogen (secondary N) is 1. The Morgan fingerprint density at radius 1 is 1.30 bits per heavy atom. The van der Waals surface area contributed by atoms with Gasteiger partial charge in [0.1, 0.15) is 0 Å². The summed E-state index contributed by atoms with van der Waals surface area (Å²) in [6.45, 7) is 0. The highest BCUT2D eigenvalue weighted by atomic mass is 32.2. The van der Waals surface area contributed by atoms with Gasteiger partial charge in [0.05, 0.1) is 6.26 Å². The van der Waals surface area contributed by atoms with E-state index in [0.29, 0.717) is 11.3 Å². The second-order valence-corrected chi connectivity index (χ2v) is 6.74. The van der Waals surface area contributed by atoms with Gasteiger partial charge in [-0.1, -0.05) is 18.2 Å². The van der Waals surface area contributed by atoms with E-state index in [1.807, 2.05) is 16.8 Å². The number of carbonyl (C=O) groups is 1. The minimum absolute atomic E-state index is 0.173. The molecule has 1 aromatic heterocycles. The first-order valence-electron chi connectivity index (χ1n) is 5.76. The van der Waals surface area contributed by atoms with Gasteiger partial charge >= 0.3 is 0 Å². The summed E-state index contributed by atoms with van der Waals surface area (Å²) < 4.78 is 24.7. The molecule has 0 aliphatic carbocycles. The van der Waals surface area contributed by atoms with Crippen LogP contribution in [0.25, 0.3) is 6.08 Å². The van der Waals surface area contributed by atoms with Crippen molar-refractivity contribution < 1.29 is 13.2 Å². The van der Waals surface area contributed by atoms with Gasteiger partial charge in [-0.15, -0.1) is 0 Å². The highest BCUT2D eigenvalue weighted by Crippen LogP contribution is 2.14. The van der Waals surface area contributed by atoms with Gasteiger partial charge in [0.25, 0.3) is 0 Å². The largest absolute Gasteiger partial charge is 0.289 e. The molecule has 1 aromatic carbocycles. The van der Waals surface area contributed by atoms with E-state index < -0.39 is 10.0 Å². The van der Waals surface area contributed by atoms with Gasteiger partial charge in [-0.25, -0.2) is 8.42 Å². The van der Waals surface area contributed by atoms with Gasteiger partial charge in [-0.3, -0.25) is 9.52 Å². The molecule has 104 valence electrons. The van der Waals surface area contributed by atoms with E-state index in [0.717, 1.165) is 11.8 Å².